The third-order valence-corrected chi connectivity index (χ3v) is 4.93. The number of aromatic nitrogens is 1. The van der Waals surface area contributed by atoms with Gasteiger partial charge in [-0.15, -0.1) is 10.5 Å². The molecule has 27 heavy (non-hydrogen) atoms. The lowest BCUT2D eigenvalue weighted by Crippen LogP contribution is -2.10. The number of nitrogens with zero attached hydrogens (tertiary/aromatic N) is 1. The van der Waals surface area contributed by atoms with E-state index in [9.17, 15) is 18.0 Å². The van der Waals surface area contributed by atoms with Crippen LogP contribution in [0.4, 0.5) is 13.2 Å². The summed E-state index contributed by atoms with van der Waals surface area (Å²) in [6, 6.07) is 3.15. The van der Waals surface area contributed by atoms with Crippen LogP contribution in [-0.2, 0) is 17.7 Å². The minimum Gasteiger partial charge on any atom is -0.359 e. The molecule has 1 aliphatic carbocycles. The molecule has 1 saturated carbocycles. The van der Waals surface area contributed by atoms with Crippen LogP contribution in [0, 0.1) is 6.92 Å². The van der Waals surface area contributed by atoms with Crippen LogP contribution < -0.4 is 0 Å². The highest BCUT2D eigenvalue weighted by molar-refractivity contribution is 8.13. The number of halogens is 3. The molecule has 0 aliphatic heterocycles. The second-order valence-corrected chi connectivity index (χ2v) is 7.86. The standard InChI is InChI=1S/C17H16F3NO2S.O2S/c1-9-8-11(17(18,19)20)6-7-12(9)14(22)13-15(10-4-5-10)23-21-16(13)24(2)3;1-3-2/h6-8,10H,2,4-5H2,1,3H3;. The Labute approximate surface area is 159 Å². The van der Waals surface area contributed by atoms with Crippen LogP contribution in [0.1, 0.15) is 51.6 Å². The summed E-state index contributed by atoms with van der Waals surface area (Å²) < 4.78 is 60.4. The van der Waals surface area contributed by atoms with Gasteiger partial charge in [0.1, 0.15) is 5.03 Å². The van der Waals surface area contributed by atoms with Gasteiger partial charge in [0.25, 0.3) is 0 Å². The molecule has 1 unspecified atom stereocenters. The zero-order chi connectivity index (χ0) is 20.4. The molecule has 1 atom stereocenters. The maximum Gasteiger partial charge on any atom is 0.416 e. The molecule has 3 rings (SSSR count). The highest BCUT2D eigenvalue weighted by Crippen LogP contribution is 2.45. The van der Waals surface area contributed by atoms with E-state index in [4.69, 9.17) is 12.9 Å². The van der Waals surface area contributed by atoms with E-state index >= 15 is 0 Å². The normalized spacial score (nSPS) is 14.9. The van der Waals surface area contributed by atoms with E-state index in [0.29, 0.717) is 16.3 Å². The SMILES string of the molecule is C=S(C)c1noc(C2CC2)c1C(=O)c1ccc(C(F)(F)F)cc1C.O=S=O. The molecule has 0 N–H and O–H groups in total. The molecule has 146 valence electrons. The Bertz CT molecular complexity index is 927. The maximum atomic E-state index is 13.0. The first kappa shape index (κ1) is 21.2. The Hall–Kier alpha value is -2.07. The molecule has 0 saturated heterocycles. The van der Waals surface area contributed by atoms with Crippen LogP contribution in [0.2, 0.25) is 0 Å². The first-order valence-corrected chi connectivity index (χ1v) is 10.2. The van der Waals surface area contributed by atoms with Crippen molar-refractivity contribution >= 4 is 33.7 Å². The Kier molecular flexibility index (Phi) is 6.53. The number of hydrogen-bond donors (Lipinski definition) is 0. The first-order chi connectivity index (χ1) is 12.6. The van der Waals surface area contributed by atoms with E-state index < -0.39 is 33.8 Å². The van der Waals surface area contributed by atoms with Crippen LogP contribution in [0.3, 0.4) is 0 Å². The van der Waals surface area contributed by atoms with Gasteiger partial charge >= 0.3 is 17.7 Å². The molecule has 1 aromatic heterocycles. The third-order valence-electron chi connectivity index (χ3n) is 3.99. The lowest BCUT2D eigenvalue weighted by molar-refractivity contribution is -0.137. The largest absolute Gasteiger partial charge is 0.416 e. The smallest absolute Gasteiger partial charge is 0.359 e. The Morgan fingerprint density at radius 1 is 1.33 bits per heavy atom. The number of carbonyl (C=O) groups excluding carboxylic acids is 1. The minimum absolute atomic E-state index is 0.170. The molecule has 1 aliphatic rings. The summed E-state index contributed by atoms with van der Waals surface area (Å²) in [6.07, 6.45) is -0.757. The molecule has 10 heteroatoms. The van der Waals surface area contributed by atoms with Gasteiger partial charge < -0.3 is 4.52 Å². The van der Waals surface area contributed by atoms with Crippen LogP contribution in [0.5, 0.6) is 0 Å². The molecule has 0 bridgehead atoms. The zero-order valence-electron chi connectivity index (χ0n) is 14.5. The van der Waals surface area contributed by atoms with Gasteiger partial charge in [0.15, 0.2) is 11.5 Å². The van der Waals surface area contributed by atoms with Crippen molar-refractivity contribution in [2.45, 2.75) is 36.9 Å². The summed E-state index contributed by atoms with van der Waals surface area (Å²) in [5.41, 5.74) is 0.127. The van der Waals surface area contributed by atoms with Crippen molar-refractivity contribution in [1.29, 1.82) is 0 Å². The topological polar surface area (TPSA) is 77.2 Å². The summed E-state index contributed by atoms with van der Waals surface area (Å²) in [6.45, 7) is 1.50. The highest BCUT2D eigenvalue weighted by atomic mass is 32.2. The lowest BCUT2D eigenvalue weighted by Gasteiger charge is -2.11. The molecule has 5 nitrogen and oxygen atoms in total. The fraction of sp³-hybridized carbons (Fsp3) is 0.353. The Morgan fingerprint density at radius 2 is 1.93 bits per heavy atom. The fourth-order valence-electron chi connectivity index (χ4n) is 2.59. The second kappa shape index (κ2) is 8.30. The summed E-state index contributed by atoms with van der Waals surface area (Å²) >= 11 is -0.750. The van der Waals surface area contributed by atoms with Gasteiger partial charge in [0.05, 0.1) is 11.1 Å². The third kappa shape index (κ3) is 4.81. The van der Waals surface area contributed by atoms with Crippen molar-refractivity contribution in [3.63, 3.8) is 0 Å². The molecular weight excluding hydrogens is 403 g/mol. The molecule has 0 radical (unpaired) electrons. The van der Waals surface area contributed by atoms with E-state index in [1.54, 1.807) is 0 Å². The number of alkyl halides is 3. The summed E-state index contributed by atoms with van der Waals surface area (Å²) in [5, 5.41) is 4.47. The van der Waals surface area contributed by atoms with Crippen LogP contribution in [0.25, 0.3) is 0 Å². The lowest BCUT2D eigenvalue weighted by atomic mass is 9.96. The number of carbonyl (C=O) groups is 1. The average molecular weight is 419 g/mol. The average Bonchev–Trinajstić information content (AvgIpc) is 3.32. The van der Waals surface area contributed by atoms with E-state index in [-0.39, 0.29) is 22.8 Å². The first-order valence-electron chi connectivity index (χ1n) is 7.71. The van der Waals surface area contributed by atoms with Gasteiger partial charge in [-0.25, -0.2) is 0 Å². The van der Waals surface area contributed by atoms with Crippen LogP contribution in [0.15, 0.2) is 27.7 Å². The van der Waals surface area contributed by atoms with E-state index in [2.05, 4.69) is 11.0 Å². The van der Waals surface area contributed by atoms with Crippen molar-refractivity contribution in [2.24, 2.45) is 0 Å². The summed E-state index contributed by atoms with van der Waals surface area (Å²) in [4.78, 5) is 13.0. The molecule has 0 spiro atoms. The zero-order valence-corrected chi connectivity index (χ0v) is 16.1. The predicted molar refractivity (Wildman–Crippen MR) is 95.9 cm³/mol. The van der Waals surface area contributed by atoms with Crippen molar-refractivity contribution in [3.05, 3.63) is 46.2 Å². The Balaban J connectivity index is 0.000000817. The van der Waals surface area contributed by atoms with Crippen molar-refractivity contribution in [1.82, 2.24) is 5.16 Å². The maximum absolute atomic E-state index is 13.0. The van der Waals surface area contributed by atoms with Crippen LogP contribution >= 0.6 is 10.5 Å². The van der Waals surface area contributed by atoms with Gasteiger partial charge in [-0.1, -0.05) is 17.1 Å². The van der Waals surface area contributed by atoms with Gasteiger partial charge in [-0.05, 0) is 43.7 Å². The van der Waals surface area contributed by atoms with Crippen molar-refractivity contribution in [3.8, 4) is 0 Å². The molecule has 1 heterocycles. The second-order valence-electron chi connectivity index (χ2n) is 6.06. The fourth-order valence-corrected chi connectivity index (χ4v) is 3.29. The minimum atomic E-state index is -4.43. The van der Waals surface area contributed by atoms with E-state index in [1.807, 2.05) is 6.26 Å². The van der Waals surface area contributed by atoms with Gasteiger partial charge in [-0.3, -0.25) is 4.79 Å². The van der Waals surface area contributed by atoms with Crippen LogP contribution in [-0.4, -0.2) is 31.5 Å². The van der Waals surface area contributed by atoms with E-state index in [1.165, 1.54) is 13.0 Å². The summed E-state index contributed by atoms with van der Waals surface area (Å²) in [5.74, 6) is 4.28. The molecule has 0 amide bonds. The predicted octanol–water partition coefficient (Wildman–Crippen LogP) is 4.13. The van der Waals surface area contributed by atoms with E-state index in [0.717, 1.165) is 25.0 Å². The molecule has 1 fully saturated rings. The Morgan fingerprint density at radius 3 is 2.37 bits per heavy atom. The van der Waals surface area contributed by atoms with Gasteiger partial charge in [0, 0.05) is 11.5 Å². The summed E-state index contributed by atoms with van der Waals surface area (Å²) in [7, 11) is -0.534. The number of rotatable bonds is 4. The molecule has 2 aromatic rings. The molecular formula is C17H16F3NO4S2. The number of ketones is 1. The highest BCUT2D eigenvalue weighted by Gasteiger charge is 2.36. The quantitative estimate of drug-likeness (QED) is 0.550. The molecule has 1 aromatic carbocycles. The van der Waals surface area contributed by atoms with Crippen molar-refractivity contribution < 1.29 is 30.9 Å². The number of aryl methyl sites for hydroxylation is 1. The van der Waals surface area contributed by atoms with Gasteiger partial charge in [0.2, 0.25) is 0 Å². The monoisotopic (exact) mass is 419 g/mol. The number of benzene rings is 1. The van der Waals surface area contributed by atoms with Gasteiger partial charge in [-0.2, -0.15) is 21.6 Å². The van der Waals surface area contributed by atoms with Crippen molar-refractivity contribution in [2.75, 3.05) is 6.26 Å². The number of hydrogen-bond acceptors (Lipinski definition) is 5.